The van der Waals surface area contributed by atoms with Crippen molar-refractivity contribution in [2.45, 2.75) is 12.3 Å². The summed E-state index contributed by atoms with van der Waals surface area (Å²) in [5, 5.41) is 17.9. The molecular formula is C11H12O3. The van der Waals surface area contributed by atoms with Crippen molar-refractivity contribution in [1.82, 2.24) is 0 Å². The second-order valence-electron chi connectivity index (χ2n) is 3.68. The van der Waals surface area contributed by atoms with E-state index in [2.05, 4.69) is 0 Å². The maximum absolute atomic E-state index is 10.9. The Morgan fingerprint density at radius 3 is 2.71 bits per heavy atom. The first kappa shape index (κ1) is 9.21. The molecule has 2 atom stereocenters. The van der Waals surface area contributed by atoms with E-state index in [1.807, 2.05) is 12.1 Å². The van der Waals surface area contributed by atoms with Crippen LogP contribution in [0.4, 0.5) is 0 Å². The minimum absolute atomic E-state index is 0.151. The molecule has 14 heavy (non-hydrogen) atoms. The van der Waals surface area contributed by atoms with Crippen molar-refractivity contribution < 1.29 is 15.0 Å². The van der Waals surface area contributed by atoms with Gasteiger partial charge in [0.15, 0.2) is 0 Å². The lowest BCUT2D eigenvalue weighted by Gasteiger charge is -2.03. The molecule has 2 N–H and O–H groups in total. The Morgan fingerprint density at radius 2 is 2.14 bits per heavy atom. The molecule has 0 bridgehead atoms. The molecular weight excluding hydrogens is 180 g/mol. The zero-order valence-corrected chi connectivity index (χ0v) is 7.68. The Bertz CT molecular complexity index is 359. The Hall–Kier alpha value is -1.35. The Balaban J connectivity index is 2.29. The van der Waals surface area contributed by atoms with Gasteiger partial charge in [-0.05, 0) is 29.9 Å². The predicted molar refractivity (Wildman–Crippen MR) is 51.3 cm³/mol. The molecule has 0 radical (unpaired) electrons. The molecule has 2 rings (SSSR count). The quantitative estimate of drug-likeness (QED) is 0.762. The van der Waals surface area contributed by atoms with Gasteiger partial charge in [0.05, 0.1) is 5.56 Å². The molecule has 1 saturated carbocycles. The first-order chi connectivity index (χ1) is 6.74. The highest BCUT2D eigenvalue weighted by Gasteiger charge is 2.39. The largest absolute Gasteiger partial charge is 0.478 e. The minimum Gasteiger partial charge on any atom is -0.478 e. The number of carboxylic acids is 1. The second kappa shape index (κ2) is 3.42. The highest BCUT2D eigenvalue weighted by atomic mass is 16.4. The lowest BCUT2D eigenvalue weighted by Crippen LogP contribution is -2.02. The van der Waals surface area contributed by atoms with E-state index < -0.39 is 5.97 Å². The number of rotatable bonds is 3. The zero-order valence-electron chi connectivity index (χ0n) is 7.68. The van der Waals surface area contributed by atoms with Crippen LogP contribution in [0.1, 0.15) is 28.3 Å². The molecule has 0 saturated heterocycles. The molecule has 3 nitrogen and oxygen atoms in total. The first-order valence-electron chi connectivity index (χ1n) is 4.67. The van der Waals surface area contributed by atoms with Crippen LogP contribution >= 0.6 is 0 Å². The maximum atomic E-state index is 10.9. The third-order valence-electron chi connectivity index (χ3n) is 2.75. The highest BCUT2D eigenvalue weighted by Crippen LogP contribution is 2.47. The van der Waals surface area contributed by atoms with Crippen molar-refractivity contribution in [3.63, 3.8) is 0 Å². The van der Waals surface area contributed by atoms with Gasteiger partial charge >= 0.3 is 5.97 Å². The summed E-state index contributed by atoms with van der Waals surface area (Å²) in [6.45, 7) is 0.151. The number of hydrogen-bond donors (Lipinski definition) is 2. The SMILES string of the molecule is O=C(O)c1ccccc1C1CC1CO. The summed E-state index contributed by atoms with van der Waals surface area (Å²) < 4.78 is 0. The average Bonchev–Trinajstić information content (AvgIpc) is 2.96. The fraction of sp³-hybridized carbons (Fsp3) is 0.364. The highest BCUT2D eigenvalue weighted by molar-refractivity contribution is 5.89. The Labute approximate surface area is 82.0 Å². The second-order valence-corrected chi connectivity index (χ2v) is 3.68. The van der Waals surface area contributed by atoms with Gasteiger partial charge in [0.1, 0.15) is 0 Å². The van der Waals surface area contributed by atoms with Crippen LogP contribution < -0.4 is 0 Å². The van der Waals surface area contributed by atoms with Crippen molar-refractivity contribution in [2.75, 3.05) is 6.61 Å². The lowest BCUT2D eigenvalue weighted by molar-refractivity contribution is 0.0695. The Morgan fingerprint density at radius 1 is 1.43 bits per heavy atom. The normalized spacial score (nSPS) is 24.6. The van der Waals surface area contributed by atoms with E-state index >= 15 is 0 Å². The number of carbonyl (C=O) groups is 1. The van der Waals surface area contributed by atoms with E-state index in [4.69, 9.17) is 10.2 Å². The summed E-state index contributed by atoms with van der Waals surface area (Å²) in [6.07, 6.45) is 0.904. The molecule has 0 spiro atoms. The number of carboxylic acid groups (broad SMARTS) is 1. The van der Waals surface area contributed by atoms with Crippen LogP contribution in [0, 0.1) is 5.92 Å². The van der Waals surface area contributed by atoms with Gasteiger partial charge in [0.25, 0.3) is 0 Å². The zero-order chi connectivity index (χ0) is 10.1. The predicted octanol–water partition coefficient (Wildman–Crippen LogP) is 1.48. The van der Waals surface area contributed by atoms with Crippen molar-refractivity contribution in [3.05, 3.63) is 35.4 Å². The van der Waals surface area contributed by atoms with Gasteiger partial charge in [-0.25, -0.2) is 4.79 Å². The maximum Gasteiger partial charge on any atom is 0.335 e. The molecule has 0 aromatic heterocycles. The topological polar surface area (TPSA) is 57.5 Å². The van der Waals surface area contributed by atoms with Gasteiger partial charge in [-0.3, -0.25) is 0 Å². The molecule has 74 valence electrons. The Kier molecular flexibility index (Phi) is 2.25. The average molecular weight is 192 g/mol. The van der Waals surface area contributed by atoms with Crippen LogP contribution in [0.25, 0.3) is 0 Å². The van der Waals surface area contributed by atoms with Crippen molar-refractivity contribution in [1.29, 1.82) is 0 Å². The number of hydrogen-bond acceptors (Lipinski definition) is 2. The number of aromatic carboxylic acids is 1. The van der Waals surface area contributed by atoms with Crippen LogP contribution in [-0.4, -0.2) is 22.8 Å². The van der Waals surface area contributed by atoms with Crippen molar-refractivity contribution >= 4 is 5.97 Å². The van der Waals surface area contributed by atoms with Crippen molar-refractivity contribution in [3.8, 4) is 0 Å². The summed E-state index contributed by atoms with van der Waals surface area (Å²) in [5.41, 5.74) is 1.23. The first-order valence-corrected chi connectivity index (χ1v) is 4.67. The van der Waals surface area contributed by atoms with Gasteiger partial charge in [0.2, 0.25) is 0 Å². The number of aliphatic hydroxyl groups is 1. The van der Waals surface area contributed by atoms with Crippen LogP contribution in [0.3, 0.4) is 0 Å². The minimum atomic E-state index is -0.885. The summed E-state index contributed by atoms with van der Waals surface area (Å²) in [6, 6.07) is 7.02. The molecule has 0 heterocycles. The monoisotopic (exact) mass is 192 g/mol. The van der Waals surface area contributed by atoms with E-state index in [1.54, 1.807) is 12.1 Å². The lowest BCUT2D eigenvalue weighted by atomic mass is 10.0. The molecule has 1 fully saturated rings. The van der Waals surface area contributed by atoms with Crippen LogP contribution in [0.15, 0.2) is 24.3 Å². The van der Waals surface area contributed by atoms with E-state index in [1.165, 1.54) is 0 Å². The molecule has 1 aliphatic rings. The van der Waals surface area contributed by atoms with Crippen LogP contribution in [0.5, 0.6) is 0 Å². The molecule has 1 aromatic rings. The van der Waals surface area contributed by atoms with Gasteiger partial charge in [-0.1, -0.05) is 18.2 Å². The number of aliphatic hydroxyl groups excluding tert-OH is 1. The molecule has 1 aromatic carbocycles. The third-order valence-corrected chi connectivity index (χ3v) is 2.75. The summed E-state index contributed by atoms with van der Waals surface area (Å²) >= 11 is 0. The molecule has 0 aliphatic heterocycles. The van der Waals surface area contributed by atoms with Gasteiger partial charge in [0, 0.05) is 6.61 Å². The van der Waals surface area contributed by atoms with Gasteiger partial charge < -0.3 is 10.2 Å². The standard InChI is InChI=1S/C11H12O3/c12-6-7-5-10(7)8-3-1-2-4-9(8)11(13)14/h1-4,7,10,12H,5-6H2,(H,13,14). The van der Waals surface area contributed by atoms with Crippen molar-refractivity contribution in [2.24, 2.45) is 5.92 Å². The fourth-order valence-corrected chi connectivity index (χ4v) is 1.85. The van der Waals surface area contributed by atoms with E-state index in [-0.39, 0.29) is 18.4 Å². The molecule has 2 unspecified atom stereocenters. The molecule has 1 aliphatic carbocycles. The molecule has 3 heteroatoms. The fourth-order valence-electron chi connectivity index (χ4n) is 1.85. The summed E-state index contributed by atoms with van der Waals surface area (Å²) in [7, 11) is 0. The van der Waals surface area contributed by atoms with E-state index in [0.29, 0.717) is 5.56 Å². The van der Waals surface area contributed by atoms with Crippen LogP contribution in [0.2, 0.25) is 0 Å². The summed E-state index contributed by atoms with van der Waals surface area (Å²) in [4.78, 5) is 10.9. The molecule has 0 amide bonds. The van der Waals surface area contributed by atoms with Gasteiger partial charge in [-0.15, -0.1) is 0 Å². The van der Waals surface area contributed by atoms with Crippen LogP contribution in [-0.2, 0) is 0 Å². The third kappa shape index (κ3) is 1.51. The van der Waals surface area contributed by atoms with E-state index in [0.717, 1.165) is 12.0 Å². The summed E-state index contributed by atoms with van der Waals surface area (Å²) in [5.74, 6) is -0.382. The smallest absolute Gasteiger partial charge is 0.335 e. The van der Waals surface area contributed by atoms with E-state index in [9.17, 15) is 4.79 Å². The number of benzene rings is 1. The van der Waals surface area contributed by atoms with Gasteiger partial charge in [-0.2, -0.15) is 0 Å².